The van der Waals surface area contributed by atoms with E-state index in [-0.39, 0.29) is 11.9 Å². The number of hydrogen-bond donors (Lipinski definition) is 1. The topological polar surface area (TPSA) is 44.8 Å². The van der Waals surface area contributed by atoms with Crippen molar-refractivity contribution >= 4 is 17.5 Å². The number of halogens is 1. The number of carbonyl (C=O) groups excluding carboxylic acids is 1. The maximum Gasteiger partial charge on any atom is 0.234 e. The van der Waals surface area contributed by atoms with E-state index in [1.807, 2.05) is 54.4 Å². The van der Waals surface area contributed by atoms with E-state index < -0.39 is 0 Å². The molecule has 1 N–H and O–H groups in total. The molecule has 29 heavy (non-hydrogen) atoms. The summed E-state index contributed by atoms with van der Waals surface area (Å²) < 4.78 is 5.19. The van der Waals surface area contributed by atoms with Crippen LogP contribution in [0.3, 0.4) is 0 Å². The smallest absolute Gasteiger partial charge is 0.234 e. The fraction of sp³-hybridized carbons (Fsp3) is 0.435. The third kappa shape index (κ3) is 6.20. The molecule has 0 radical (unpaired) electrons. The van der Waals surface area contributed by atoms with Gasteiger partial charge in [-0.1, -0.05) is 41.9 Å². The summed E-state index contributed by atoms with van der Waals surface area (Å²) in [5.41, 5.74) is 2.23. The lowest BCUT2D eigenvalue weighted by Gasteiger charge is -2.29. The zero-order chi connectivity index (χ0) is 20.6. The van der Waals surface area contributed by atoms with E-state index in [4.69, 9.17) is 16.3 Å². The van der Waals surface area contributed by atoms with Gasteiger partial charge in [0, 0.05) is 18.1 Å². The van der Waals surface area contributed by atoms with Gasteiger partial charge in [-0.15, -0.1) is 0 Å². The molecule has 1 aliphatic heterocycles. The summed E-state index contributed by atoms with van der Waals surface area (Å²) >= 11 is 6.45. The van der Waals surface area contributed by atoms with Crippen LogP contribution in [-0.4, -0.2) is 56.0 Å². The lowest BCUT2D eigenvalue weighted by Crippen LogP contribution is -2.40. The molecule has 0 spiro atoms. The maximum absolute atomic E-state index is 12.6. The van der Waals surface area contributed by atoms with Gasteiger partial charge < -0.3 is 10.1 Å². The number of benzene rings is 2. The summed E-state index contributed by atoms with van der Waals surface area (Å²) in [5.74, 6) is 0.860. The molecule has 2 aromatic rings. The fourth-order valence-corrected chi connectivity index (χ4v) is 4.11. The van der Waals surface area contributed by atoms with Crippen LogP contribution in [0.25, 0.3) is 0 Å². The molecule has 0 aliphatic carbocycles. The second-order valence-electron chi connectivity index (χ2n) is 7.60. The molecule has 1 atom stereocenters. The van der Waals surface area contributed by atoms with Gasteiger partial charge in [0.25, 0.3) is 0 Å². The van der Waals surface area contributed by atoms with E-state index in [2.05, 4.69) is 16.3 Å². The summed E-state index contributed by atoms with van der Waals surface area (Å²) in [7, 11) is 3.61. The van der Waals surface area contributed by atoms with Crippen LogP contribution in [0.4, 0.5) is 0 Å². The van der Waals surface area contributed by atoms with Crippen LogP contribution in [0.5, 0.6) is 5.75 Å². The maximum atomic E-state index is 12.6. The van der Waals surface area contributed by atoms with E-state index >= 15 is 0 Å². The quantitative estimate of drug-likeness (QED) is 0.677. The SMILES string of the molecule is COc1ccc(CN(C)CC(=O)NCC(c2ccccc2Cl)N2CCCC2)cc1. The van der Waals surface area contributed by atoms with Crippen molar-refractivity contribution in [2.24, 2.45) is 0 Å². The summed E-state index contributed by atoms with van der Waals surface area (Å²) in [6.07, 6.45) is 2.39. The van der Waals surface area contributed by atoms with Crippen molar-refractivity contribution in [3.05, 3.63) is 64.7 Å². The van der Waals surface area contributed by atoms with E-state index in [0.717, 1.165) is 35.0 Å². The van der Waals surface area contributed by atoms with Gasteiger partial charge in [0.05, 0.1) is 19.7 Å². The van der Waals surface area contributed by atoms with Crippen molar-refractivity contribution < 1.29 is 9.53 Å². The first kappa shape index (κ1) is 21.6. The van der Waals surface area contributed by atoms with Crippen LogP contribution in [0.1, 0.15) is 30.0 Å². The Morgan fingerprint density at radius 1 is 1.17 bits per heavy atom. The second kappa shape index (κ2) is 10.6. The Morgan fingerprint density at radius 3 is 2.52 bits per heavy atom. The predicted octanol–water partition coefficient (Wildman–Crippen LogP) is 3.73. The molecule has 1 unspecified atom stereocenters. The molecular weight excluding hydrogens is 386 g/mol. The highest BCUT2D eigenvalue weighted by atomic mass is 35.5. The van der Waals surface area contributed by atoms with Crippen LogP contribution in [-0.2, 0) is 11.3 Å². The van der Waals surface area contributed by atoms with Gasteiger partial charge in [0.1, 0.15) is 5.75 Å². The zero-order valence-corrected chi connectivity index (χ0v) is 18.0. The van der Waals surface area contributed by atoms with E-state index in [1.54, 1.807) is 7.11 Å². The van der Waals surface area contributed by atoms with E-state index in [9.17, 15) is 4.79 Å². The monoisotopic (exact) mass is 415 g/mol. The molecule has 1 fully saturated rings. The van der Waals surface area contributed by atoms with Crippen molar-refractivity contribution in [2.45, 2.75) is 25.4 Å². The van der Waals surface area contributed by atoms with Gasteiger partial charge in [0.15, 0.2) is 0 Å². The lowest BCUT2D eigenvalue weighted by atomic mass is 10.1. The van der Waals surface area contributed by atoms with Crippen molar-refractivity contribution in [3.63, 3.8) is 0 Å². The Kier molecular flexibility index (Phi) is 7.92. The Balaban J connectivity index is 1.54. The number of nitrogens with zero attached hydrogens (tertiary/aromatic N) is 2. The Hall–Kier alpha value is -2.08. The number of hydrogen-bond acceptors (Lipinski definition) is 4. The molecule has 0 aromatic heterocycles. The van der Waals surface area contributed by atoms with Gasteiger partial charge in [-0.3, -0.25) is 14.6 Å². The zero-order valence-electron chi connectivity index (χ0n) is 17.2. The molecule has 0 saturated carbocycles. The van der Waals surface area contributed by atoms with Crippen LogP contribution in [0.2, 0.25) is 5.02 Å². The first-order chi connectivity index (χ1) is 14.1. The van der Waals surface area contributed by atoms with Gasteiger partial charge >= 0.3 is 0 Å². The summed E-state index contributed by atoms with van der Waals surface area (Å²) in [6.45, 7) is 3.71. The minimum atomic E-state index is 0.0252. The third-order valence-electron chi connectivity index (χ3n) is 5.36. The van der Waals surface area contributed by atoms with Crippen molar-refractivity contribution in [2.75, 3.05) is 40.3 Å². The van der Waals surface area contributed by atoms with Crippen molar-refractivity contribution in [3.8, 4) is 5.75 Å². The highest BCUT2D eigenvalue weighted by Crippen LogP contribution is 2.29. The number of carbonyl (C=O) groups is 1. The van der Waals surface area contributed by atoms with E-state index in [0.29, 0.717) is 19.6 Å². The standard InChI is InChI=1S/C23H30ClN3O2/c1-26(16-18-9-11-19(29-2)12-10-18)17-23(28)25-15-22(27-13-5-6-14-27)20-7-3-4-8-21(20)24/h3-4,7-12,22H,5-6,13-17H2,1-2H3,(H,25,28). The Morgan fingerprint density at radius 2 is 1.86 bits per heavy atom. The predicted molar refractivity (Wildman–Crippen MR) is 117 cm³/mol. The summed E-state index contributed by atoms with van der Waals surface area (Å²) in [6, 6.07) is 16.0. The largest absolute Gasteiger partial charge is 0.497 e. The number of methoxy groups -OCH3 is 1. The highest BCUT2D eigenvalue weighted by Gasteiger charge is 2.25. The second-order valence-corrected chi connectivity index (χ2v) is 8.01. The lowest BCUT2D eigenvalue weighted by molar-refractivity contribution is -0.122. The van der Waals surface area contributed by atoms with Crippen LogP contribution in [0, 0.1) is 0 Å². The average Bonchev–Trinajstić information content (AvgIpc) is 3.24. The molecule has 1 amide bonds. The molecular formula is C23H30ClN3O2. The number of ether oxygens (including phenoxy) is 1. The molecule has 3 rings (SSSR count). The average molecular weight is 416 g/mol. The Bertz CT molecular complexity index is 791. The third-order valence-corrected chi connectivity index (χ3v) is 5.71. The van der Waals surface area contributed by atoms with Gasteiger partial charge in [-0.2, -0.15) is 0 Å². The summed E-state index contributed by atoms with van der Waals surface area (Å²) in [4.78, 5) is 17.0. The number of nitrogens with one attached hydrogen (secondary N) is 1. The molecule has 1 heterocycles. The highest BCUT2D eigenvalue weighted by molar-refractivity contribution is 6.31. The Labute approximate surface area is 178 Å². The fourth-order valence-electron chi connectivity index (χ4n) is 3.84. The molecule has 156 valence electrons. The normalized spacial score (nSPS) is 15.4. The minimum absolute atomic E-state index is 0.0252. The molecule has 6 heteroatoms. The summed E-state index contributed by atoms with van der Waals surface area (Å²) in [5, 5.41) is 3.88. The van der Waals surface area contributed by atoms with Crippen molar-refractivity contribution in [1.82, 2.24) is 15.1 Å². The van der Waals surface area contributed by atoms with Crippen LogP contribution in [0.15, 0.2) is 48.5 Å². The van der Waals surface area contributed by atoms with Gasteiger partial charge in [-0.05, 0) is 62.3 Å². The van der Waals surface area contributed by atoms with Crippen molar-refractivity contribution in [1.29, 1.82) is 0 Å². The molecule has 1 saturated heterocycles. The molecule has 0 bridgehead atoms. The van der Waals surface area contributed by atoms with Crippen LogP contribution < -0.4 is 10.1 Å². The molecule has 5 nitrogen and oxygen atoms in total. The number of rotatable bonds is 9. The number of likely N-dealkylation sites (N-methyl/N-ethyl adjacent to an activating group) is 1. The molecule has 1 aliphatic rings. The van der Waals surface area contributed by atoms with Gasteiger partial charge in [0.2, 0.25) is 5.91 Å². The number of likely N-dealkylation sites (tertiary alicyclic amines) is 1. The van der Waals surface area contributed by atoms with Crippen LogP contribution >= 0.6 is 11.6 Å². The number of amides is 1. The van der Waals surface area contributed by atoms with E-state index in [1.165, 1.54) is 12.8 Å². The first-order valence-corrected chi connectivity index (χ1v) is 10.5. The van der Waals surface area contributed by atoms with Gasteiger partial charge in [-0.25, -0.2) is 0 Å². The first-order valence-electron chi connectivity index (χ1n) is 10.1. The molecule has 2 aromatic carbocycles. The minimum Gasteiger partial charge on any atom is -0.497 e.